The molecule has 0 saturated heterocycles. The molecule has 0 bridgehead atoms. The first-order valence-corrected chi connectivity index (χ1v) is 7.10. The molecule has 0 aliphatic rings. The highest BCUT2D eigenvalue weighted by Gasteiger charge is 2.17. The number of carbonyl (C=O) groups is 1. The van der Waals surface area contributed by atoms with Crippen molar-refractivity contribution in [2.75, 3.05) is 20.3 Å². The van der Waals surface area contributed by atoms with Crippen molar-refractivity contribution in [1.82, 2.24) is 9.88 Å². The van der Waals surface area contributed by atoms with Gasteiger partial charge in [0, 0.05) is 30.5 Å². The summed E-state index contributed by atoms with van der Waals surface area (Å²) in [6.07, 6.45) is 1.56. The largest absolute Gasteiger partial charge is 0.496 e. The molecule has 0 unspecified atom stereocenters. The number of ether oxygens (including phenoxy) is 1. The second-order valence-corrected chi connectivity index (χ2v) is 4.95. The third-order valence-corrected chi connectivity index (χ3v) is 3.37. The maximum Gasteiger partial charge on any atom is 0.255 e. The lowest BCUT2D eigenvalue weighted by Crippen LogP contribution is -2.33. The second kappa shape index (κ2) is 7.56. The first kappa shape index (κ1) is 16.0. The first-order valence-electron chi connectivity index (χ1n) is 7.10. The van der Waals surface area contributed by atoms with Gasteiger partial charge in [-0.2, -0.15) is 0 Å². The number of amides is 1. The van der Waals surface area contributed by atoms with Gasteiger partial charge in [-0.3, -0.25) is 9.78 Å². The Kier molecular flexibility index (Phi) is 5.49. The molecular weight excluding hydrogens is 280 g/mol. The van der Waals surface area contributed by atoms with Crippen LogP contribution in [0.4, 0.5) is 0 Å². The lowest BCUT2D eigenvalue weighted by molar-refractivity contribution is 0.0706. The number of methoxy groups -OCH3 is 1. The van der Waals surface area contributed by atoms with E-state index in [-0.39, 0.29) is 19.1 Å². The van der Waals surface area contributed by atoms with Gasteiger partial charge in [-0.15, -0.1) is 0 Å². The number of aliphatic hydroxyl groups excluding tert-OH is 1. The zero-order chi connectivity index (χ0) is 15.9. The first-order chi connectivity index (χ1) is 10.7. The Bertz CT molecular complexity index is 626. The molecule has 22 heavy (non-hydrogen) atoms. The van der Waals surface area contributed by atoms with E-state index in [9.17, 15) is 9.90 Å². The summed E-state index contributed by atoms with van der Waals surface area (Å²) in [5.41, 5.74) is 2.26. The molecule has 0 spiro atoms. The molecule has 1 aromatic carbocycles. The third-order valence-electron chi connectivity index (χ3n) is 3.37. The highest BCUT2D eigenvalue weighted by molar-refractivity contribution is 5.93. The number of para-hydroxylation sites is 1. The van der Waals surface area contributed by atoms with Gasteiger partial charge in [-0.25, -0.2) is 0 Å². The Labute approximate surface area is 130 Å². The summed E-state index contributed by atoms with van der Waals surface area (Å²) in [6.45, 7) is 2.40. The molecule has 2 aromatic rings. The van der Waals surface area contributed by atoms with Crippen LogP contribution in [-0.2, 0) is 6.54 Å². The van der Waals surface area contributed by atoms with Crippen molar-refractivity contribution in [2.24, 2.45) is 0 Å². The molecule has 2 rings (SSSR count). The molecule has 1 N–H and O–H groups in total. The van der Waals surface area contributed by atoms with Crippen LogP contribution in [0.15, 0.2) is 42.6 Å². The molecule has 5 heteroatoms. The Balaban J connectivity index is 2.22. The van der Waals surface area contributed by atoms with E-state index < -0.39 is 0 Å². The fourth-order valence-electron chi connectivity index (χ4n) is 2.19. The minimum Gasteiger partial charge on any atom is -0.496 e. The van der Waals surface area contributed by atoms with Crippen LogP contribution in [0.5, 0.6) is 5.75 Å². The number of rotatable bonds is 6. The van der Waals surface area contributed by atoms with Crippen LogP contribution in [0.1, 0.15) is 21.6 Å². The zero-order valence-electron chi connectivity index (χ0n) is 12.8. The van der Waals surface area contributed by atoms with Crippen molar-refractivity contribution < 1.29 is 14.6 Å². The van der Waals surface area contributed by atoms with Gasteiger partial charge < -0.3 is 14.7 Å². The van der Waals surface area contributed by atoms with Gasteiger partial charge in [-0.1, -0.05) is 18.2 Å². The summed E-state index contributed by atoms with van der Waals surface area (Å²) in [5.74, 6) is 0.563. The van der Waals surface area contributed by atoms with Crippen LogP contribution >= 0.6 is 0 Å². The molecule has 1 amide bonds. The molecule has 116 valence electrons. The van der Waals surface area contributed by atoms with E-state index in [1.165, 1.54) is 0 Å². The van der Waals surface area contributed by atoms with Crippen LogP contribution in [0.25, 0.3) is 0 Å². The minimum atomic E-state index is -0.160. The van der Waals surface area contributed by atoms with Gasteiger partial charge in [0.2, 0.25) is 0 Å². The number of hydrogen-bond acceptors (Lipinski definition) is 4. The molecule has 0 saturated carbocycles. The SMILES string of the molecule is COc1ccccc1CN(CCO)C(=O)c1ccc(C)nc1. The maximum absolute atomic E-state index is 12.6. The Morgan fingerprint density at radius 2 is 2.05 bits per heavy atom. The molecule has 5 nitrogen and oxygen atoms in total. The van der Waals surface area contributed by atoms with Crippen LogP contribution in [0.2, 0.25) is 0 Å². The summed E-state index contributed by atoms with van der Waals surface area (Å²) < 4.78 is 5.31. The van der Waals surface area contributed by atoms with Gasteiger partial charge in [0.25, 0.3) is 5.91 Å². The van der Waals surface area contributed by atoms with E-state index >= 15 is 0 Å². The third kappa shape index (κ3) is 3.83. The molecule has 0 aliphatic carbocycles. The highest BCUT2D eigenvalue weighted by atomic mass is 16.5. The smallest absolute Gasteiger partial charge is 0.255 e. The van der Waals surface area contributed by atoms with E-state index in [4.69, 9.17) is 4.74 Å². The number of benzene rings is 1. The van der Waals surface area contributed by atoms with E-state index in [0.29, 0.717) is 12.1 Å². The maximum atomic E-state index is 12.6. The predicted molar refractivity (Wildman–Crippen MR) is 83.8 cm³/mol. The second-order valence-electron chi connectivity index (χ2n) is 4.95. The summed E-state index contributed by atoms with van der Waals surface area (Å²) >= 11 is 0. The fourth-order valence-corrected chi connectivity index (χ4v) is 2.19. The molecule has 0 atom stereocenters. The Morgan fingerprint density at radius 1 is 1.27 bits per heavy atom. The molecular formula is C17H20N2O3. The lowest BCUT2D eigenvalue weighted by atomic mass is 10.1. The van der Waals surface area contributed by atoms with Crippen molar-refractivity contribution in [1.29, 1.82) is 0 Å². The quantitative estimate of drug-likeness (QED) is 0.886. The monoisotopic (exact) mass is 300 g/mol. The lowest BCUT2D eigenvalue weighted by Gasteiger charge is -2.23. The van der Waals surface area contributed by atoms with Gasteiger partial charge in [0.1, 0.15) is 5.75 Å². The van der Waals surface area contributed by atoms with Gasteiger partial charge in [0.15, 0.2) is 0 Å². The summed E-state index contributed by atoms with van der Waals surface area (Å²) in [6, 6.07) is 11.1. The number of aliphatic hydroxyl groups is 1. The van der Waals surface area contributed by atoms with Gasteiger partial charge in [-0.05, 0) is 25.1 Å². The van der Waals surface area contributed by atoms with Gasteiger partial charge >= 0.3 is 0 Å². The average molecular weight is 300 g/mol. The van der Waals surface area contributed by atoms with Crippen LogP contribution in [0, 0.1) is 6.92 Å². The average Bonchev–Trinajstić information content (AvgIpc) is 2.55. The molecule has 0 fully saturated rings. The number of nitrogens with zero attached hydrogens (tertiary/aromatic N) is 2. The number of hydrogen-bond donors (Lipinski definition) is 1. The standard InChI is InChI=1S/C17H20N2O3/c1-13-7-8-14(11-18-13)17(21)19(9-10-20)12-15-5-3-4-6-16(15)22-2/h3-8,11,20H,9-10,12H2,1-2H3. The molecule has 0 radical (unpaired) electrons. The Morgan fingerprint density at radius 3 is 2.68 bits per heavy atom. The molecule has 1 heterocycles. The summed E-state index contributed by atoms with van der Waals surface area (Å²) in [4.78, 5) is 18.3. The van der Waals surface area contributed by atoms with Crippen LogP contribution in [0.3, 0.4) is 0 Å². The highest BCUT2D eigenvalue weighted by Crippen LogP contribution is 2.20. The number of aryl methyl sites for hydroxylation is 1. The Hall–Kier alpha value is -2.40. The molecule has 1 aromatic heterocycles. The predicted octanol–water partition coefficient (Wildman–Crippen LogP) is 2.03. The van der Waals surface area contributed by atoms with Crippen molar-refractivity contribution >= 4 is 5.91 Å². The fraction of sp³-hybridized carbons (Fsp3) is 0.294. The normalized spacial score (nSPS) is 10.3. The molecule has 0 aliphatic heterocycles. The zero-order valence-corrected chi connectivity index (χ0v) is 12.8. The van der Waals surface area contributed by atoms with Crippen molar-refractivity contribution in [3.05, 3.63) is 59.4 Å². The topological polar surface area (TPSA) is 62.7 Å². The van der Waals surface area contributed by atoms with Crippen molar-refractivity contribution in [3.8, 4) is 5.75 Å². The van der Waals surface area contributed by atoms with Crippen molar-refractivity contribution in [2.45, 2.75) is 13.5 Å². The number of aromatic nitrogens is 1. The number of pyridine rings is 1. The van der Waals surface area contributed by atoms with E-state index in [2.05, 4.69) is 4.98 Å². The summed E-state index contributed by atoms with van der Waals surface area (Å²) in [7, 11) is 1.60. The van der Waals surface area contributed by atoms with Gasteiger partial charge in [0.05, 0.1) is 19.3 Å². The van der Waals surface area contributed by atoms with Crippen molar-refractivity contribution in [3.63, 3.8) is 0 Å². The van der Waals surface area contributed by atoms with E-state index in [1.54, 1.807) is 30.3 Å². The van der Waals surface area contributed by atoms with Crippen LogP contribution < -0.4 is 4.74 Å². The number of carbonyl (C=O) groups excluding carboxylic acids is 1. The van der Waals surface area contributed by atoms with E-state index in [0.717, 1.165) is 17.0 Å². The van der Waals surface area contributed by atoms with E-state index in [1.807, 2.05) is 31.2 Å². The minimum absolute atomic E-state index is 0.0970. The summed E-state index contributed by atoms with van der Waals surface area (Å²) in [5, 5.41) is 9.24. The van der Waals surface area contributed by atoms with Crippen LogP contribution in [-0.4, -0.2) is 41.2 Å².